The lowest BCUT2D eigenvalue weighted by atomic mass is 10.1. The summed E-state index contributed by atoms with van der Waals surface area (Å²) >= 11 is 0. The summed E-state index contributed by atoms with van der Waals surface area (Å²) in [5, 5.41) is 8.74. The van der Waals surface area contributed by atoms with E-state index in [1.165, 1.54) is 0 Å². The third kappa shape index (κ3) is 2.97. The zero-order valence-corrected chi connectivity index (χ0v) is 11.5. The molecule has 0 unspecified atom stereocenters. The van der Waals surface area contributed by atoms with E-state index in [2.05, 4.69) is 6.07 Å². The van der Waals surface area contributed by atoms with Gasteiger partial charge in [-0.15, -0.1) is 0 Å². The Balaban J connectivity index is 2.02. The summed E-state index contributed by atoms with van der Waals surface area (Å²) in [5.41, 5.74) is 1.51. The molecule has 1 aromatic carbocycles. The van der Waals surface area contributed by atoms with E-state index in [-0.39, 0.29) is 0 Å². The molecule has 1 heterocycles. The van der Waals surface area contributed by atoms with Gasteiger partial charge in [-0.2, -0.15) is 5.26 Å². The number of carbonyl (C=O) groups excluding carboxylic acids is 2. The first-order valence-corrected chi connectivity index (χ1v) is 6.73. The lowest BCUT2D eigenvalue weighted by Gasteiger charge is -2.33. The molecular weight excluding hydrogens is 254 g/mol. The number of hydrogen-bond acceptors (Lipinski definition) is 3. The summed E-state index contributed by atoms with van der Waals surface area (Å²) in [6, 6.07) is 9.12. The molecule has 104 valence electrons. The van der Waals surface area contributed by atoms with Crippen molar-refractivity contribution in [3.8, 4) is 6.07 Å². The van der Waals surface area contributed by atoms with E-state index in [0.717, 1.165) is 12.0 Å². The zero-order chi connectivity index (χ0) is 14.5. The summed E-state index contributed by atoms with van der Waals surface area (Å²) in [6.45, 7) is 4.19. The van der Waals surface area contributed by atoms with Crippen LogP contribution >= 0.6 is 0 Å². The van der Waals surface area contributed by atoms with Crippen molar-refractivity contribution in [3.05, 3.63) is 35.4 Å². The van der Waals surface area contributed by atoms with Gasteiger partial charge in [0.2, 0.25) is 0 Å². The number of hydrogen-bond donors (Lipinski definition) is 0. The maximum Gasteiger partial charge on any atom is 0.312 e. The van der Waals surface area contributed by atoms with Gasteiger partial charge in [-0.1, -0.05) is 19.1 Å². The summed E-state index contributed by atoms with van der Waals surface area (Å²) in [5.74, 6) is -0.846. The van der Waals surface area contributed by atoms with Gasteiger partial charge in [0.1, 0.15) is 0 Å². The Kier molecular flexibility index (Phi) is 4.36. The molecule has 0 atom stereocenters. The van der Waals surface area contributed by atoms with Gasteiger partial charge < -0.3 is 9.80 Å². The number of nitriles is 1. The average Bonchev–Trinajstić information content (AvgIpc) is 2.48. The van der Waals surface area contributed by atoms with Crippen molar-refractivity contribution in [1.29, 1.82) is 5.26 Å². The zero-order valence-electron chi connectivity index (χ0n) is 11.5. The highest BCUT2D eigenvalue weighted by Gasteiger charge is 2.31. The van der Waals surface area contributed by atoms with E-state index >= 15 is 0 Å². The molecule has 1 aliphatic heterocycles. The second-order valence-electron chi connectivity index (χ2n) is 4.83. The first-order valence-electron chi connectivity index (χ1n) is 6.73. The van der Waals surface area contributed by atoms with Crippen LogP contribution in [0.3, 0.4) is 0 Å². The maximum atomic E-state index is 12.0. The van der Waals surface area contributed by atoms with Crippen molar-refractivity contribution in [3.63, 3.8) is 0 Å². The van der Waals surface area contributed by atoms with E-state index in [1.807, 2.05) is 19.1 Å². The summed E-state index contributed by atoms with van der Waals surface area (Å²) in [4.78, 5) is 27.1. The van der Waals surface area contributed by atoms with E-state index in [0.29, 0.717) is 31.7 Å². The van der Waals surface area contributed by atoms with Crippen LogP contribution in [0.15, 0.2) is 24.3 Å². The number of carbonyl (C=O) groups is 2. The average molecular weight is 271 g/mol. The molecule has 20 heavy (non-hydrogen) atoms. The number of amides is 2. The minimum Gasteiger partial charge on any atom is -0.333 e. The molecule has 1 aromatic rings. The Morgan fingerprint density at radius 3 is 2.30 bits per heavy atom. The van der Waals surface area contributed by atoms with Crippen molar-refractivity contribution in [2.75, 3.05) is 19.6 Å². The summed E-state index contributed by atoms with van der Waals surface area (Å²) in [6.07, 6.45) is 0.856. The number of nitrogens with zero attached hydrogens (tertiary/aromatic N) is 3. The van der Waals surface area contributed by atoms with Crippen molar-refractivity contribution in [1.82, 2.24) is 9.80 Å². The van der Waals surface area contributed by atoms with E-state index in [1.54, 1.807) is 21.9 Å². The largest absolute Gasteiger partial charge is 0.333 e. The molecule has 2 rings (SSSR count). The SMILES string of the molecule is CCCN1CCN(Cc2ccc(C#N)cc2)C(=O)C1=O. The van der Waals surface area contributed by atoms with Crippen molar-refractivity contribution in [2.24, 2.45) is 0 Å². The quantitative estimate of drug-likeness (QED) is 0.771. The first-order chi connectivity index (χ1) is 9.65. The van der Waals surface area contributed by atoms with Crippen molar-refractivity contribution < 1.29 is 9.59 Å². The molecule has 0 spiro atoms. The predicted octanol–water partition coefficient (Wildman–Crippen LogP) is 1.14. The fourth-order valence-corrected chi connectivity index (χ4v) is 2.25. The van der Waals surface area contributed by atoms with Crippen LogP contribution < -0.4 is 0 Å². The number of rotatable bonds is 4. The van der Waals surface area contributed by atoms with Crippen LogP contribution in [-0.4, -0.2) is 41.2 Å². The third-order valence-electron chi connectivity index (χ3n) is 3.35. The van der Waals surface area contributed by atoms with Gasteiger partial charge in [0.05, 0.1) is 11.6 Å². The van der Waals surface area contributed by atoms with Gasteiger partial charge in [-0.05, 0) is 24.1 Å². The molecule has 0 aromatic heterocycles. The molecular formula is C15H17N3O2. The first kappa shape index (κ1) is 14.1. The van der Waals surface area contributed by atoms with Gasteiger partial charge in [-0.3, -0.25) is 9.59 Å². The van der Waals surface area contributed by atoms with Crippen LogP contribution in [0.2, 0.25) is 0 Å². The third-order valence-corrected chi connectivity index (χ3v) is 3.35. The molecule has 1 aliphatic rings. The van der Waals surface area contributed by atoms with Crippen LogP contribution in [0.5, 0.6) is 0 Å². The molecule has 0 N–H and O–H groups in total. The van der Waals surface area contributed by atoms with Gasteiger partial charge in [0.25, 0.3) is 0 Å². The van der Waals surface area contributed by atoms with Crippen molar-refractivity contribution in [2.45, 2.75) is 19.9 Å². The molecule has 0 radical (unpaired) electrons. The normalized spacial score (nSPS) is 15.4. The van der Waals surface area contributed by atoms with Gasteiger partial charge in [0, 0.05) is 26.2 Å². The Morgan fingerprint density at radius 2 is 1.70 bits per heavy atom. The minimum atomic E-state index is -0.436. The topological polar surface area (TPSA) is 64.4 Å². The lowest BCUT2D eigenvalue weighted by Crippen LogP contribution is -2.53. The molecule has 5 nitrogen and oxygen atoms in total. The second-order valence-corrected chi connectivity index (χ2v) is 4.83. The fourth-order valence-electron chi connectivity index (χ4n) is 2.25. The summed E-state index contributed by atoms with van der Waals surface area (Å²) < 4.78 is 0. The van der Waals surface area contributed by atoms with Crippen LogP contribution in [0.1, 0.15) is 24.5 Å². The van der Waals surface area contributed by atoms with E-state index in [4.69, 9.17) is 5.26 Å². The number of benzene rings is 1. The standard InChI is InChI=1S/C15H17N3O2/c1-2-7-17-8-9-18(15(20)14(17)19)11-13-5-3-12(10-16)4-6-13/h3-6H,2,7-9,11H2,1H3. The van der Waals surface area contributed by atoms with Gasteiger partial charge >= 0.3 is 11.8 Å². The van der Waals surface area contributed by atoms with E-state index in [9.17, 15) is 9.59 Å². The molecule has 1 saturated heterocycles. The van der Waals surface area contributed by atoms with Crippen LogP contribution in [0, 0.1) is 11.3 Å². The molecule has 0 aliphatic carbocycles. The lowest BCUT2D eigenvalue weighted by molar-refractivity contribution is -0.156. The maximum absolute atomic E-state index is 12.0. The Bertz CT molecular complexity index is 545. The molecule has 0 bridgehead atoms. The minimum absolute atomic E-state index is 0.410. The highest BCUT2D eigenvalue weighted by Crippen LogP contribution is 2.12. The van der Waals surface area contributed by atoms with Gasteiger partial charge in [0.15, 0.2) is 0 Å². The molecule has 0 saturated carbocycles. The Morgan fingerprint density at radius 1 is 1.10 bits per heavy atom. The Hall–Kier alpha value is -2.35. The molecule has 2 amide bonds. The van der Waals surface area contributed by atoms with Crippen LogP contribution in [0.4, 0.5) is 0 Å². The monoisotopic (exact) mass is 271 g/mol. The number of piperazine rings is 1. The van der Waals surface area contributed by atoms with Crippen molar-refractivity contribution >= 4 is 11.8 Å². The van der Waals surface area contributed by atoms with Crippen LogP contribution in [0.25, 0.3) is 0 Å². The fraction of sp³-hybridized carbons (Fsp3) is 0.400. The molecule has 5 heteroatoms. The van der Waals surface area contributed by atoms with E-state index < -0.39 is 11.8 Å². The predicted molar refractivity (Wildman–Crippen MR) is 73.4 cm³/mol. The second kappa shape index (κ2) is 6.20. The summed E-state index contributed by atoms with van der Waals surface area (Å²) in [7, 11) is 0. The molecule has 1 fully saturated rings. The van der Waals surface area contributed by atoms with Gasteiger partial charge in [-0.25, -0.2) is 0 Å². The van der Waals surface area contributed by atoms with Crippen LogP contribution in [-0.2, 0) is 16.1 Å². The highest BCUT2D eigenvalue weighted by molar-refractivity contribution is 6.35. The smallest absolute Gasteiger partial charge is 0.312 e. The highest BCUT2D eigenvalue weighted by atomic mass is 16.2. The Labute approximate surface area is 118 Å².